The molecule has 2 nitrogen and oxygen atoms in total. The highest BCUT2D eigenvalue weighted by molar-refractivity contribution is 5.55. The van der Waals surface area contributed by atoms with Gasteiger partial charge >= 0.3 is 0 Å². The van der Waals surface area contributed by atoms with Gasteiger partial charge in [0.15, 0.2) is 0 Å². The van der Waals surface area contributed by atoms with Gasteiger partial charge in [0, 0.05) is 29.8 Å². The molecule has 1 aromatic rings. The Labute approximate surface area is 103 Å². The number of para-hydroxylation sites is 1. The quantitative estimate of drug-likeness (QED) is 0.839. The average Bonchev–Trinajstić information content (AvgIpc) is 2.78. The van der Waals surface area contributed by atoms with E-state index in [2.05, 4.69) is 43.4 Å². The Morgan fingerprint density at radius 3 is 3.00 bits per heavy atom. The van der Waals surface area contributed by atoms with Crippen LogP contribution in [0.1, 0.15) is 38.4 Å². The second-order valence-electron chi connectivity index (χ2n) is 5.71. The number of rotatable bonds is 2. The number of nitrogens with one attached hydrogen (secondary N) is 1. The molecule has 2 heterocycles. The third-order valence-electron chi connectivity index (χ3n) is 3.99. The Morgan fingerprint density at radius 2 is 2.18 bits per heavy atom. The predicted octanol–water partition coefficient (Wildman–Crippen LogP) is 3.60. The lowest BCUT2D eigenvalue weighted by atomic mass is 9.81. The number of fused-ring (bicyclic) bond motifs is 3. The summed E-state index contributed by atoms with van der Waals surface area (Å²) >= 11 is 0. The molecule has 2 aliphatic heterocycles. The maximum atomic E-state index is 5.96. The highest BCUT2D eigenvalue weighted by Crippen LogP contribution is 2.45. The molecule has 0 radical (unpaired) electrons. The van der Waals surface area contributed by atoms with Gasteiger partial charge in [-0.1, -0.05) is 32.0 Å². The zero-order valence-electron chi connectivity index (χ0n) is 10.6. The van der Waals surface area contributed by atoms with E-state index in [1.807, 2.05) is 0 Å². The molecule has 1 saturated heterocycles. The SMILES string of the molecule is CC(C)C[C@@H]1Nc2ccccc2[C@@H]2OCC[C@H]12. The summed E-state index contributed by atoms with van der Waals surface area (Å²) in [7, 11) is 0. The number of hydrogen-bond acceptors (Lipinski definition) is 2. The molecule has 0 unspecified atom stereocenters. The van der Waals surface area contributed by atoms with E-state index in [-0.39, 0.29) is 0 Å². The van der Waals surface area contributed by atoms with Gasteiger partial charge < -0.3 is 10.1 Å². The molecule has 1 aromatic carbocycles. The van der Waals surface area contributed by atoms with Gasteiger partial charge in [0.1, 0.15) is 0 Å². The zero-order chi connectivity index (χ0) is 11.8. The van der Waals surface area contributed by atoms with Crippen molar-refractivity contribution >= 4 is 5.69 Å². The fourth-order valence-corrected chi connectivity index (χ4v) is 3.26. The van der Waals surface area contributed by atoms with Crippen LogP contribution in [0.15, 0.2) is 24.3 Å². The van der Waals surface area contributed by atoms with Crippen molar-refractivity contribution in [3.05, 3.63) is 29.8 Å². The first-order valence-electron chi connectivity index (χ1n) is 6.73. The molecule has 17 heavy (non-hydrogen) atoms. The summed E-state index contributed by atoms with van der Waals surface area (Å²) in [5.41, 5.74) is 2.64. The van der Waals surface area contributed by atoms with E-state index in [1.165, 1.54) is 24.1 Å². The minimum absolute atomic E-state index is 0.330. The van der Waals surface area contributed by atoms with Crippen molar-refractivity contribution in [2.45, 2.75) is 38.8 Å². The lowest BCUT2D eigenvalue weighted by Gasteiger charge is -2.37. The molecule has 1 N–H and O–H groups in total. The first-order chi connectivity index (χ1) is 8.25. The van der Waals surface area contributed by atoms with Gasteiger partial charge in [-0.2, -0.15) is 0 Å². The number of hydrogen-bond donors (Lipinski definition) is 1. The summed E-state index contributed by atoms with van der Waals surface area (Å²) in [5.74, 6) is 1.39. The van der Waals surface area contributed by atoms with E-state index in [9.17, 15) is 0 Å². The van der Waals surface area contributed by atoms with Crippen molar-refractivity contribution in [2.75, 3.05) is 11.9 Å². The Hall–Kier alpha value is -1.02. The minimum atomic E-state index is 0.330. The van der Waals surface area contributed by atoms with Crippen molar-refractivity contribution in [1.82, 2.24) is 0 Å². The van der Waals surface area contributed by atoms with Crippen LogP contribution in [-0.2, 0) is 4.74 Å². The van der Waals surface area contributed by atoms with Gasteiger partial charge in [0.25, 0.3) is 0 Å². The van der Waals surface area contributed by atoms with Crippen LogP contribution in [0.3, 0.4) is 0 Å². The molecule has 0 bridgehead atoms. The van der Waals surface area contributed by atoms with Gasteiger partial charge in [0.2, 0.25) is 0 Å². The molecule has 2 heteroatoms. The lowest BCUT2D eigenvalue weighted by Crippen LogP contribution is -2.36. The monoisotopic (exact) mass is 231 g/mol. The summed E-state index contributed by atoms with van der Waals surface area (Å²) in [6.45, 7) is 5.51. The number of anilines is 1. The Bertz CT molecular complexity index is 402. The molecule has 2 aliphatic rings. The molecule has 3 atom stereocenters. The first kappa shape index (κ1) is 11.1. The maximum absolute atomic E-state index is 5.96. The highest BCUT2D eigenvalue weighted by atomic mass is 16.5. The summed E-state index contributed by atoms with van der Waals surface area (Å²) in [6.07, 6.45) is 2.76. The highest BCUT2D eigenvalue weighted by Gasteiger charge is 2.40. The fourth-order valence-electron chi connectivity index (χ4n) is 3.26. The molecule has 3 rings (SSSR count). The number of ether oxygens (including phenoxy) is 1. The third kappa shape index (κ3) is 1.95. The topological polar surface area (TPSA) is 21.3 Å². The molecule has 92 valence electrons. The molecule has 1 fully saturated rings. The van der Waals surface area contributed by atoms with Crippen molar-refractivity contribution in [3.63, 3.8) is 0 Å². The van der Waals surface area contributed by atoms with E-state index in [0.717, 1.165) is 12.5 Å². The van der Waals surface area contributed by atoms with Crippen LogP contribution in [0.2, 0.25) is 0 Å². The third-order valence-corrected chi connectivity index (χ3v) is 3.99. The van der Waals surface area contributed by atoms with Crippen LogP contribution < -0.4 is 5.32 Å². The van der Waals surface area contributed by atoms with Gasteiger partial charge in [-0.25, -0.2) is 0 Å². The summed E-state index contributed by atoms with van der Waals surface area (Å²) < 4.78 is 5.96. The van der Waals surface area contributed by atoms with Gasteiger partial charge in [-0.3, -0.25) is 0 Å². The lowest BCUT2D eigenvalue weighted by molar-refractivity contribution is 0.0809. The second-order valence-corrected chi connectivity index (χ2v) is 5.71. The molecule has 0 aliphatic carbocycles. The molecule has 0 saturated carbocycles. The minimum Gasteiger partial charge on any atom is -0.382 e. The summed E-state index contributed by atoms with van der Waals surface area (Å²) in [6, 6.07) is 9.19. The number of benzene rings is 1. The van der Waals surface area contributed by atoms with Crippen LogP contribution in [0, 0.1) is 11.8 Å². The van der Waals surface area contributed by atoms with E-state index in [4.69, 9.17) is 4.74 Å². The Morgan fingerprint density at radius 1 is 1.35 bits per heavy atom. The summed E-state index contributed by atoms with van der Waals surface area (Å²) in [5, 5.41) is 3.72. The molecule has 0 amide bonds. The average molecular weight is 231 g/mol. The van der Waals surface area contributed by atoms with Crippen LogP contribution in [0.4, 0.5) is 5.69 Å². The molecule has 0 aromatic heterocycles. The fraction of sp³-hybridized carbons (Fsp3) is 0.600. The maximum Gasteiger partial charge on any atom is 0.0893 e. The van der Waals surface area contributed by atoms with E-state index >= 15 is 0 Å². The largest absolute Gasteiger partial charge is 0.382 e. The predicted molar refractivity (Wildman–Crippen MR) is 70.1 cm³/mol. The van der Waals surface area contributed by atoms with Gasteiger partial charge in [0.05, 0.1) is 6.10 Å². The standard InChI is InChI=1S/C15H21NO/c1-10(2)9-14-12-7-8-17-15(12)11-5-3-4-6-13(11)16-14/h3-6,10,12,14-16H,7-9H2,1-2H3/t12-,14+,15+/m1/s1. The van der Waals surface area contributed by atoms with Crippen LogP contribution in [0.25, 0.3) is 0 Å². The van der Waals surface area contributed by atoms with Crippen LogP contribution >= 0.6 is 0 Å². The smallest absolute Gasteiger partial charge is 0.0893 e. The van der Waals surface area contributed by atoms with Crippen LogP contribution in [-0.4, -0.2) is 12.6 Å². The van der Waals surface area contributed by atoms with Crippen molar-refractivity contribution < 1.29 is 4.74 Å². The zero-order valence-corrected chi connectivity index (χ0v) is 10.6. The van der Waals surface area contributed by atoms with Gasteiger partial charge in [-0.15, -0.1) is 0 Å². The van der Waals surface area contributed by atoms with E-state index in [1.54, 1.807) is 0 Å². The van der Waals surface area contributed by atoms with Crippen molar-refractivity contribution in [3.8, 4) is 0 Å². The summed E-state index contributed by atoms with van der Waals surface area (Å²) in [4.78, 5) is 0. The Balaban J connectivity index is 1.92. The van der Waals surface area contributed by atoms with Crippen molar-refractivity contribution in [1.29, 1.82) is 0 Å². The second kappa shape index (κ2) is 4.34. The molecular formula is C15H21NO. The molecule has 0 spiro atoms. The first-order valence-corrected chi connectivity index (χ1v) is 6.73. The van der Waals surface area contributed by atoms with Crippen molar-refractivity contribution in [2.24, 2.45) is 11.8 Å². The Kier molecular flexibility index (Phi) is 2.83. The van der Waals surface area contributed by atoms with Gasteiger partial charge in [-0.05, 0) is 24.8 Å². The van der Waals surface area contributed by atoms with E-state index in [0.29, 0.717) is 18.1 Å². The normalized spacial score (nSPS) is 30.9. The molecular weight excluding hydrogens is 210 g/mol. The van der Waals surface area contributed by atoms with E-state index < -0.39 is 0 Å². The van der Waals surface area contributed by atoms with Crippen LogP contribution in [0.5, 0.6) is 0 Å².